The van der Waals surface area contributed by atoms with Crippen LogP contribution in [0.1, 0.15) is 12.0 Å². The molecule has 1 atom stereocenters. The van der Waals surface area contributed by atoms with E-state index in [-0.39, 0.29) is 6.61 Å². The normalized spacial score (nSPS) is 20.6. The molecule has 0 amide bonds. The molecule has 0 bridgehead atoms. The predicted octanol–water partition coefficient (Wildman–Crippen LogP) is 2.07. The van der Waals surface area contributed by atoms with Crippen LogP contribution in [0.4, 0.5) is 0 Å². The number of hydrogen-bond donors (Lipinski definition) is 2. The van der Waals surface area contributed by atoms with Gasteiger partial charge in [0, 0.05) is 19.6 Å². The highest BCUT2D eigenvalue weighted by molar-refractivity contribution is 5.28. The maximum atomic E-state index is 10.8. The summed E-state index contributed by atoms with van der Waals surface area (Å²) >= 11 is 0. The summed E-state index contributed by atoms with van der Waals surface area (Å²) in [5.74, 6) is 1.54. The third kappa shape index (κ3) is 5.19. The van der Waals surface area contributed by atoms with E-state index in [1.165, 1.54) is 0 Å². The van der Waals surface area contributed by atoms with Gasteiger partial charge in [-0.15, -0.1) is 0 Å². The fourth-order valence-corrected chi connectivity index (χ4v) is 3.08. The molecule has 25 heavy (non-hydrogen) atoms. The molecule has 5 nitrogen and oxygen atoms in total. The minimum atomic E-state index is -0.819. The lowest BCUT2D eigenvalue weighted by Crippen LogP contribution is -2.39. The molecular weight excluding hydrogens is 318 g/mol. The van der Waals surface area contributed by atoms with Gasteiger partial charge in [0.2, 0.25) is 0 Å². The van der Waals surface area contributed by atoms with Gasteiger partial charge in [-0.2, -0.15) is 0 Å². The van der Waals surface area contributed by atoms with Crippen molar-refractivity contribution in [3.05, 3.63) is 60.2 Å². The molecule has 1 heterocycles. The molecule has 2 aromatic carbocycles. The zero-order valence-corrected chi connectivity index (χ0v) is 14.3. The van der Waals surface area contributed by atoms with Crippen molar-refractivity contribution in [2.75, 3.05) is 32.9 Å². The third-order valence-corrected chi connectivity index (χ3v) is 4.33. The molecule has 0 radical (unpaired) electrons. The lowest BCUT2D eigenvalue weighted by Gasteiger charge is -2.24. The highest BCUT2D eigenvalue weighted by Crippen LogP contribution is 2.25. The molecular formula is C20H25NO4. The second kappa shape index (κ2) is 8.34. The average molecular weight is 343 g/mol. The molecule has 2 aromatic rings. The van der Waals surface area contributed by atoms with Crippen molar-refractivity contribution in [2.45, 2.75) is 18.6 Å². The highest BCUT2D eigenvalue weighted by atomic mass is 16.5. The van der Waals surface area contributed by atoms with E-state index in [9.17, 15) is 5.11 Å². The van der Waals surface area contributed by atoms with Gasteiger partial charge in [-0.05, 0) is 36.2 Å². The van der Waals surface area contributed by atoms with Crippen LogP contribution < -0.4 is 9.47 Å². The molecule has 1 saturated heterocycles. The van der Waals surface area contributed by atoms with Gasteiger partial charge in [-0.1, -0.05) is 30.3 Å². The number of hydrogen-bond acceptors (Lipinski definition) is 5. The van der Waals surface area contributed by atoms with Crippen molar-refractivity contribution in [3.8, 4) is 11.5 Å². The van der Waals surface area contributed by atoms with Gasteiger partial charge in [-0.3, -0.25) is 4.90 Å². The molecule has 2 N–H and O–H groups in total. The topological polar surface area (TPSA) is 62.2 Å². The molecule has 1 aliphatic heterocycles. The summed E-state index contributed by atoms with van der Waals surface area (Å²) in [5, 5.41) is 19.6. The van der Waals surface area contributed by atoms with Crippen LogP contribution in [0, 0.1) is 0 Å². The van der Waals surface area contributed by atoms with Gasteiger partial charge >= 0.3 is 0 Å². The van der Waals surface area contributed by atoms with E-state index in [2.05, 4.69) is 4.90 Å². The first-order valence-corrected chi connectivity index (χ1v) is 8.62. The third-order valence-electron chi connectivity index (χ3n) is 4.33. The number of aliphatic hydroxyl groups excluding tert-OH is 1. The van der Waals surface area contributed by atoms with Crippen molar-refractivity contribution in [1.29, 1.82) is 0 Å². The Hall–Kier alpha value is -2.08. The number of nitrogens with zero attached hydrogens (tertiary/aromatic N) is 1. The van der Waals surface area contributed by atoms with Crippen molar-refractivity contribution >= 4 is 0 Å². The molecule has 0 spiro atoms. The Morgan fingerprint density at radius 1 is 1.00 bits per heavy atom. The van der Waals surface area contributed by atoms with Gasteiger partial charge in [-0.25, -0.2) is 0 Å². The largest absolute Gasteiger partial charge is 0.491 e. The number of para-hydroxylation sites is 1. The van der Waals surface area contributed by atoms with E-state index in [1.54, 1.807) is 0 Å². The van der Waals surface area contributed by atoms with E-state index in [0.29, 0.717) is 26.2 Å². The molecule has 0 aromatic heterocycles. The Morgan fingerprint density at radius 2 is 1.80 bits per heavy atom. The summed E-state index contributed by atoms with van der Waals surface area (Å²) in [6.45, 7) is 2.77. The van der Waals surface area contributed by atoms with Crippen LogP contribution in [0.3, 0.4) is 0 Å². The van der Waals surface area contributed by atoms with E-state index in [0.717, 1.165) is 30.2 Å². The number of β-amino-alcohol motifs (C(OH)–C–C–N with tert-alkyl or cyclic N) is 1. The second-order valence-corrected chi connectivity index (χ2v) is 6.51. The number of likely N-dealkylation sites (tertiary alicyclic amines) is 1. The molecule has 0 saturated carbocycles. The van der Waals surface area contributed by atoms with Crippen molar-refractivity contribution in [1.82, 2.24) is 4.90 Å². The van der Waals surface area contributed by atoms with Gasteiger partial charge < -0.3 is 19.7 Å². The first-order valence-electron chi connectivity index (χ1n) is 8.62. The van der Waals surface area contributed by atoms with Crippen molar-refractivity contribution in [3.63, 3.8) is 0 Å². The quantitative estimate of drug-likeness (QED) is 0.768. The van der Waals surface area contributed by atoms with E-state index in [1.807, 2.05) is 54.6 Å². The fourth-order valence-electron chi connectivity index (χ4n) is 3.08. The number of rotatable bonds is 8. The Bertz CT molecular complexity index is 664. The Balaban J connectivity index is 1.52. The monoisotopic (exact) mass is 343 g/mol. The summed E-state index contributed by atoms with van der Waals surface area (Å²) in [6.07, 6.45) is 0.695. The average Bonchev–Trinajstić information content (AvgIpc) is 3.01. The smallest absolute Gasteiger partial charge is 0.119 e. The summed E-state index contributed by atoms with van der Waals surface area (Å²) in [5.41, 5.74) is 0.310. The molecule has 1 fully saturated rings. The van der Waals surface area contributed by atoms with Crippen LogP contribution in [0.2, 0.25) is 0 Å². The molecule has 1 unspecified atom stereocenters. The maximum absolute atomic E-state index is 10.8. The van der Waals surface area contributed by atoms with Gasteiger partial charge in [0.05, 0.1) is 6.61 Å². The first kappa shape index (κ1) is 17.7. The van der Waals surface area contributed by atoms with Gasteiger partial charge in [0.25, 0.3) is 0 Å². The van der Waals surface area contributed by atoms with Gasteiger partial charge in [0.1, 0.15) is 30.3 Å². The Labute approximate surface area is 148 Å². The standard InChI is InChI=1S/C20H25NO4/c22-11-12-24-19-8-4-5-17(13-19)14-21-10-9-20(23,15-21)16-25-18-6-2-1-3-7-18/h1-8,13,22-23H,9-12,14-16H2. The summed E-state index contributed by atoms with van der Waals surface area (Å²) < 4.78 is 11.2. The van der Waals surface area contributed by atoms with Crippen molar-refractivity contribution < 1.29 is 19.7 Å². The SMILES string of the molecule is OCCOc1cccc(CN2CCC(O)(COc3ccccc3)C2)c1. The molecule has 3 rings (SSSR count). The second-order valence-electron chi connectivity index (χ2n) is 6.51. The van der Waals surface area contributed by atoms with Crippen molar-refractivity contribution in [2.24, 2.45) is 0 Å². The van der Waals surface area contributed by atoms with Crippen LogP contribution in [0.25, 0.3) is 0 Å². The van der Waals surface area contributed by atoms with Crippen LogP contribution >= 0.6 is 0 Å². The minimum absolute atomic E-state index is 0.00476. The van der Waals surface area contributed by atoms with Crippen LogP contribution in [-0.4, -0.2) is 53.6 Å². The summed E-state index contributed by atoms with van der Waals surface area (Å²) in [7, 11) is 0. The van der Waals surface area contributed by atoms with Gasteiger partial charge in [0.15, 0.2) is 0 Å². The lowest BCUT2D eigenvalue weighted by molar-refractivity contribution is 0.00338. The zero-order valence-electron chi connectivity index (χ0n) is 14.3. The molecule has 134 valence electrons. The van der Waals surface area contributed by atoms with Crippen LogP contribution in [0.15, 0.2) is 54.6 Å². The molecule has 1 aliphatic rings. The lowest BCUT2D eigenvalue weighted by atomic mass is 10.1. The predicted molar refractivity (Wildman–Crippen MR) is 95.8 cm³/mol. The molecule has 0 aliphatic carbocycles. The molecule has 5 heteroatoms. The van der Waals surface area contributed by atoms with E-state index >= 15 is 0 Å². The number of benzene rings is 2. The number of ether oxygens (including phenoxy) is 2. The first-order chi connectivity index (χ1) is 12.2. The van der Waals surface area contributed by atoms with Crippen LogP contribution in [-0.2, 0) is 6.54 Å². The summed E-state index contributed by atoms with van der Waals surface area (Å²) in [4.78, 5) is 2.22. The Kier molecular flexibility index (Phi) is 5.91. The summed E-state index contributed by atoms with van der Waals surface area (Å²) in [6, 6.07) is 17.4. The fraction of sp³-hybridized carbons (Fsp3) is 0.400. The highest BCUT2D eigenvalue weighted by Gasteiger charge is 2.36. The maximum Gasteiger partial charge on any atom is 0.119 e. The van der Waals surface area contributed by atoms with E-state index in [4.69, 9.17) is 14.6 Å². The van der Waals surface area contributed by atoms with Crippen LogP contribution in [0.5, 0.6) is 11.5 Å². The number of aliphatic hydroxyl groups is 2. The minimum Gasteiger partial charge on any atom is -0.491 e. The van der Waals surface area contributed by atoms with E-state index < -0.39 is 5.60 Å². The zero-order chi connectivity index (χ0) is 17.5. The Morgan fingerprint density at radius 3 is 2.60 bits per heavy atom.